The zero-order valence-electron chi connectivity index (χ0n) is 24.8. The molecular formula is C32H45N7O. The molecule has 8 heteroatoms. The van der Waals surface area contributed by atoms with E-state index in [1.807, 2.05) is 0 Å². The molecule has 2 aliphatic rings. The van der Waals surface area contributed by atoms with Crippen LogP contribution in [0.25, 0.3) is 11.0 Å². The van der Waals surface area contributed by atoms with Crippen LogP contribution in [-0.2, 0) is 13.1 Å². The quantitative estimate of drug-likeness (QED) is 0.361. The number of hydrogen-bond acceptors (Lipinski definition) is 7. The molecule has 0 bridgehead atoms. The predicted molar refractivity (Wildman–Crippen MR) is 159 cm³/mol. The van der Waals surface area contributed by atoms with Gasteiger partial charge in [0.25, 0.3) is 0 Å². The van der Waals surface area contributed by atoms with Gasteiger partial charge < -0.3 is 19.1 Å². The van der Waals surface area contributed by atoms with E-state index >= 15 is 0 Å². The Labute approximate surface area is 239 Å². The van der Waals surface area contributed by atoms with Crippen LogP contribution in [0.3, 0.4) is 0 Å². The van der Waals surface area contributed by atoms with E-state index in [0.29, 0.717) is 5.92 Å². The Balaban J connectivity index is 1.12. The van der Waals surface area contributed by atoms with Crippen molar-refractivity contribution in [1.29, 1.82) is 5.26 Å². The van der Waals surface area contributed by atoms with Crippen LogP contribution >= 0.6 is 0 Å². The van der Waals surface area contributed by atoms with Crippen molar-refractivity contribution in [3.05, 3.63) is 53.6 Å². The van der Waals surface area contributed by atoms with Crippen LogP contribution in [0.5, 0.6) is 5.75 Å². The van der Waals surface area contributed by atoms with Crippen LogP contribution in [0.15, 0.2) is 36.5 Å². The minimum Gasteiger partial charge on any atom is -0.494 e. The highest BCUT2D eigenvalue weighted by Crippen LogP contribution is 2.31. The second kappa shape index (κ2) is 12.7. The van der Waals surface area contributed by atoms with Gasteiger partial charge in [-0.05, 0) is 74.5 Å². The van der Waals surface area contributed by atoms with Crippen molar-refractivity contribution in [2.45, 2.75) is 59.0 Å². The summed E-state index contributed by atoms with van der Waals surface area (Å²) < 4.78 is 8.35. The van der Waals surface area contributed by atoms with Crippen LogP contribution in [0, 0.1) is 16.7 Å². The highest BCUT2D eigenvalue weighted by molar-refractivity contribution is 5.77. The summed E-state index contributed by atoms with van der Waals surface area (Å²) in [5.41, 5.74) is 3.65. The maximum absolute atomic E-state index is 9.32. The molecule has 0 radical (unpaired) electrons. The normalized spacial score (nSPS) is 18.3. The van der Waals surface area contributed by atoms with Gasteiger partial charge in [-0.25, -0.2) is 9.97 Å². The third-order valence-corrected chi connectivity index (χ3v) is 8.26. The highest BCUT2D eigenvalue weighted by atomic mass is 16.5. The third-order valence-electron chi connectivity index (χ3n) is 8.26. The maximum Gasteiger partial charge on any atom is 0.234 e. The molecule has 4 heterocycles. The second-order valence-electron chi connectivity index (χ2n) is 12.8. The summed E-state index contributed by atoms with van der Waals surface area (Å²) in [6.07, 6.45) is 5.17. The van der Waals surface area contributed by atoms with E-state index in [2.05, 4.69) is 93.5 Å². The van der Waals surface area contributed by atoms with Crippen LogP contribution in [0.1, 0.15) is 63.0 Å². The lowest BCUT2D eigenvalue weighted by Gasteiger charge is -2.33. The first kappa shape index (κ1) is 28.5. The standard InChI is InChI=1S/C32H45N7O/c1-32(2,3)24-39-28(20-27-22-34-30(21-33)35-31(27)39)23-38-13-10-26(11-14-38)25-6-8-29(9-7-25)40-19-5-12-37-17-15-36(4)16-18-37/h6-9,20,22,26H,5,10-19,23-24H2,1-4H3. The monoisotopic (exact) mass is 543 g/mol. The fourth-order valence-corrected chi connectivity index (χ4v) is 5.97. The van der Waals surface area contributed by atoms with Gasteiger partial charge in [-0.2, -0.15) is 5.26 Å². The molecule has 5 rings (SSSR count). The van der Waals surface area contributed by atoms with Gasteiger partial charge in [0.05, 0.1) is 6.61 Å². The molecule has 2 saturated heterocycles. The van der Waals surface area contributed by atoms with Crippen LogP contribution in [0.2, 0.25) is 0 Å². The van der Waals surface area contributed by atoms with Crippen LogP contribution in [0.4, 0.5) is 0 Å². The molecule has 0 aliphatic carbocycles. The van der Waals surface area contributed by atoms with E-state index in [-0.39, 0.29) is 11.2 Å². The lowest BCUT2D eigenvalue weighted by Crippen LogP contribution is -2.44. The molecule has 0 unspecified atom stereocenters. The SMILES string of the molecule is CN1CCN(CCCOc2ccc(C3CCN(Cc4cc5cnc(C#N)nc5n4CC(C)(C)C)CC3)cc2)CC1. The van der Waals surface area contributed by atoms with Crippen molar-refractivity contribution in [1.82, 2.24) is 29.2 Å². The number of likely N-dealkylation sites (tertiary alicyclic amines) is 1. The average Bonchev–Trinajstić information content (AvgIpc) is 3.27. The number of hydrogen-bond donors (Lipinski definition) is 0. The largest absolute Gasteiger partial charge is 0.494 e. The summed E-state index contributed by atoms with van der Waals surface area (Å²) in [5.74, 6) is 1.80. The molecule has 0 saturated carbocycles. The van der Waals surface area contributed by atoms with Crippen molar-refractivity contribution in [2.24, 2.45) is 5.41 Å². The van der Waals surface area contributed by atoms with Gasteiger partial charge in [0, 0.05) is 63.1 Å². The van der Waals surface area contributed by atoms with Gasteiger partial charge in [0.1, 0.15) is 17.5 Å². The number of ether oxygens (including phenoxy) is 1. The van der Waals surface area contributed by atoms with E-state index < -0.39 is 0 Å². The summed E-state index contributed by atoms with van der Waals surface area (Å²) in [5, 5.41) is 10.3. The Kier molecular flexibility index (Phi) is 9.04. The Morgan fingerprint density at radius 2 is 1.73 bits per heavy atom. The summed E-state index contributed by atoms with van der Waals surface area (Å²) in [7, 11) is 2.20. The lowest BCUT2D eigenvalue weighted by atomic mass is 9.89. The number of nitrogens with zero attached hydrogens (tertiary/aromatic N) is 7. The molecule has 2 aromatic heterocycles. The molecule has 3 aromatic rings. The lowest BCUT2D eigenvalue weighted by molar-refractivity contribution is 0.145. The zero-order valence-corrected chi connectivity index (χ0v) is 24.8. The van der Waals surface area contributed by atoms with E-state index in [0.717, 1.165) is 75.4 Å². The Morgan fingerprint density at radius 3 is 2.40 bits per heavy atom. The van der Waals surface area contributed by atoms with Gasteiger partial charge in [-0.15, -0.1) is 0 Å². The fourth-order valence-electron chi connectivity index (χ4n) is 5.97. The third kappa shape index (κ3) is 7.39. The summed E-state index contributed by atoms with van der Waals surface area (Å²) >= 11 is 0. The molecular weight excluding hydrogens is 498 g/mol. The first-order chi connectivity index (χ1) is 19.3. The van der Waals surface area contributed by atoms with Crippen LogP contribution < -0.4 is 4.74 Å². The summed E-state index contributed by atoms with van der Waals surface area (Å²) in [4.78, 5) is 16.3. The molecule has 214 valence electrons. The molecule has 0 amide bonds. The first-order valence-electron chi connectivity index (χ1n) is 14.9. The Morgan fingerprint density at radius 1 is 1.00 bits per heavy atom. The number of nitriles is 1. The van der Waals surface area contributed by atoms with E-state index in [1.54, 1.807) is 6.20 Å². The zero-order chi connectivity index (χ0) is 28.1. The van der Waals surface area contributed by atoms with Crippen molar-refractivity contribution in [2.75, 3.05) is 59.5 Å². The number of fused-ring (bicyclic) bond motifs is 1. The van der Waals surface area contributed by atoms with Gasteiger partial charge in [-0.3, -0.25) is 4.90 Å². The minimum atomic E-state index is 0.103. The fraction of sp³-hybridized carbons (Fsp3) is 0.594. The van der Waals surface area contributed by atoms with Crippen LogP contribution in [-0.4, -0.2) is 88.7 Å². The van der Waals surface area contributed by atoms with Gasteiger partial charge in [0.2, 0.25) is 5.82 Å². The molecule has 2 fully saturated rings. The number of piperidine rings is 1. The van der Waals surface area contributed by atoms with Gasteiger partial charge in [0.15, 0.2) is 0 Å². The number of rotatable bonds is 9. The molecule has 2 aliphatic heterocycles. The molecule has 40 heavy (non-hydrogen) atoms. The van der Waals surface area contributed by atoms with E-state index in [1.165, 1.54) is 37.4 Å². The predicted octanol–water partition coefficient (Wildman–Crippen LogP) is 4.74. The molecule has 0 N–H and O–H groups in total. The highest BCUT2D eigenvalue weighted by Gasteiger charge is 2.24. The van der Waals surface area contributed by atoms with E-state index in [4.69, 9.17) is 4.74 Å². The molecule has 1 aromatic carbocycles. The average molecular weight is 544 g/mol. The number of aromatic nitrogens is 3. The number of benzene rings is 1. The van der Waals surface area contributed by atoms with Crippen molar-refractivity contribution >= 4 is 11.0 Å². The minimum absolute atomic E-state index is 0.103. The number of piperazine rings is 1. The van der Waals surface area contributed by atoms with Gasteiger partial charge in [-0.1, -0.05) is 32.9 Å². The Hall–Kier alpha value is -2.99. The topological polar surface area (TPSA) is 73.5 Å². The smallest absolute Gasteiger partial charge is 0.234 e. The second-order valence-corrected chi connectivity index (χ2v) is 12.8. The maximum atomic E-state index is 9.32. The summed E-state index contributed by atoms with van der Waals surface area (Å²) in [6, 6.07) is 13.1. The van der Waals surface area contributed by atoms with Crippen molar-refractivity contribution < 1.29 is 4.74 Å². The van der Waals surface area contributed by atoms with E-state index in [9.17, 15) is 5.26 Å². The molecule has 8 nitrogen and oxygen atoms in total. The Bertz CT molecular complexity index is 1290. The first-order valence-corrected chi connectivity index (χ1v) is 14.9. The van der Waals surface area contributed by atoms with Crippen molar-refractivity contribution in [3.63, 3.8) is 0 Å². The number of likely N-dealkylation sites (N-methyl/N-ethyl adjacent to an activating group) is 1. The van der Waals surface area contributed by atoms with Crippen molar-refractivity contribution in [3.8, 4) is 11.8 Å². The molecule has 0 atom stereocenters. The van der Waals surface area contributed by atoms with Gasteiger partial charge >= 0.3 is 0 Å². The molecule has 0 spiro atoms. The summed E-state index contributed by atoms with van der Waals surface area (Å²) in [6.45, 7) is 17.2.